The number of hydrogen-bond acceptors (Lipinski definition) is 5. The summed E-state index contributed by atoms with van der Waals surface area (Å²) in [5.74, 6) is 0.769. The van der Waals surface area contributed by atoms with Gasteiger partial charge >= 0.3 is 0 Å². The standard InChI is InChI=1S/C13H9N5O/c1-8-3-2-4-9(5-8)12-16-13(19-18-12)10-7-15-17-11(10)6-14/h2-5,7H,1H3,(H,15,17). The highest BCUT2D eigenvalue weighted by Crippen LogP contribution is 2.23. The van der Waals surface area contributed by atoms with Crippen LogP contribution >= 0.6 is 0 Å². The van der Waals surface area contributed by atoms with E-state index >= 15 is 0 Å². The number of aromatic nitrogens is 4. The molecule has 3 rings (SSSR count). The SMILES string of the molecule is Cc1cccc(-c2noc(-c3cn[nH]c3C#N)n2)c1. The first kappa shape index (κ1) is 11.2. The summed E-state index contributed by atoms with van der Waals surface area (Å²) in [5, 5.41) is 19.2. The molecule has 0 aliphatic rings. The van der Waals surface area contributed by atoms with E-state index in [-0.39, 0.29) is 5.89 Å². The summed E-state index contributed by atoms with van der Waals surface area (Å²) < 4.78 is 5.17. The van der Waals surface area contributed by atoms with Crippen LogP contribution in [0.1, 0.15) is 11.3 Å². The van der Waals surface area contributed by atoms with Crippen molar-refractivity contribution < 1.29 is 4.52 Å². The largest absolute Gasteiger partial charge is 0.333 e. The van der Waals surface area contributed by atoms with Crippen molar-refractivity contribution in [3.8, 4) is 28.9 Å². The summed E-state index contributed by atoms with van der Waals surface area (Å²) >= 11 is 0. The Balaban J connectivity index is 2.03. The van der Waals surface area contributed by atoms with Crippen LogP contribution in [0.3, 0.4) is 0 Å². The van der Waals surface area contributed by atoms with E-state index in [0.717, 1.165) is 11.1 Å². The Morgan fingerprint density at radius 2 is 2.26 bits per heavy atom. The summed E-state index contributed by atoms with van der Waals surface area (Å²) in [6.45, 7) is 1.99. The molecule has 1 N–H and O–H groups in total. The number of benzene rings is 1. The second kappa shape index (κ2) is 4.38. The molecule has 0 amide bonds. The Bertz CT molecular complexity index is 765. The average Bonchev–Trinajstić information content (AvgIpc) is 3.07. The van der Waals surface area contributed by atoms with Gasteiger partial charge in [0.2, 0.25) is 5.82 Å². The third-order valence-corrected chi connectivity index (χ3v) is 2.68. The lowest BCUT2D eigenvalue weighted by molar-refractivity contribution is 0.432. The summed E-state index contributed by atoms with van der Waals surface area (Å²) in [5.41, 5.74) is 2.80. The zero-order valence-corrected chi connectivity index (χ0v) is 10.1. The molecule has 0 saturated heterocycles. The molecular weight excluding hydrogens is 242 g/mol. The van der Waals surface area contributed by atoms with E-state index in [4.69, 9.17) is 9.78 Å². The molecule has 2 aromatic heterocycles. The van der Waals surface area contributed by atoms with Crippen LogP contribution < -0.4 is 0 Å². The highest BCUT2D eigenvalue weighted by atomic mass is 16.5. The normalized spacial score (nSPS) is 10.3. The van der Waals surface area contributed by atoms with Crippen molar-refractivity contribution >= 4 is 0 Å². The van der Waals surface area contributed by atoms with Crippen molar-refractivity contribution in [1.82, 2.24) is 20.3 Å². The monoisotopic (exact) mass is 251 g/mol. The number of nitrogens with one attached hydrogen (secondary N) is 1. The van der Waals surface area contributed by atoms with Gasteiger partial charge in [-0.2, -0.15) is 15.3 Å². The van der Waals surface area contributed by atoms with E-state index in [0.29, 0.717) is 17.1 Å². The van der Waals surface area contributed by atoms with E-state index < -0.39 is 0 Å². The van der Waals surface area contributed by atoms with E-state index in [1.807, 2.05) is 37.3 Å². The Hall–Kier alpha value is -2.94. The number of aromatic amines is 1. The molecule has 3 aromatic rings. The lowest BCUT2D eigenvalue weighted by atomic mass is 10.1. The van der Waals surface area contributed by atoms with Crippen molar-refractivity contribution in [3.63, 3.8) is 0 Å². The first-order valence-electron chi connectivity index (χ1n) is 5.62. The molecule has 0 spiro atoms. The van der Waals surface area contributed by atoms with Gasteiger partial charge in [-0.1, -0.05) is 28.9 Å². The van der Waals surface area contributed by atoms with Crippen LogP contribution in [0.4, 0.5) is 0 Å². The van der Waals surface area contributed by atoms with E-state index in [2.05, 4.69) is 20.3 Å². The molecule has 19 heavy (non-hydrogen) atoms. The Morgan fingerprint density at radius 3 is 3.05 bits per heavy atom. The van der Waals surface area contributed by atoms with Gasteiger partial charge in [0.25, 0.3) is 5.89 Å². The van der Waals surface area contributed by atoms with Gasteiger partial charge < -0.3 is 4.52 Å². The maximum absolute atomic E-state index is 8.92. The van der Waals surface area contributed by atoms with E-state index in [1.165, 1.54) is 6.20 Å². The van der Waals surface area contributed by atoms with Crippen LogP contribution in [0.15, 0.2) is 35.0 Å². The topological polar surface area (TPSA) is 91.4 Å². The second-order valence-corrected chi connectivity index (χ2v) is 4.06. The predicted molar refractivity (Wildman–Crippen MR) is 66.8 cm³/mol. The lowest BCUT2D eigenvalue weighted by Crippen LogP contribution is -1.83. The number of aryl methyl sites for hydroxylation is 1. The van der Waals surface area contributed by atoms with Crippen molar-refractivity contribution in [2.75, 3.05) is 0 Å². The first-order valence-corrected chi connectivity index (χ1v) is 5.62. The fourth-order valence-corrected chi connectivity index (χ4v) is 1.77. The molecule has 0 bridgehead atoms. The Morgan fingerprint density at radius 1 is 1.37 bits per heavy atom. The van der Waals surface area contributed by atoms with Crippen LogP contribution in [0.2, 0.25) is 0 Å². The summed E-state index contributed by atoms with van der Waals surface area (Å²) in [6, 6.07) is 9.78. The predicted octanol–water partition coefficient (Wildman–Crippen LogP) is 2.31. The molecule has 0 aliphatic heterocycles. The minimum atomic E-state index is 0.279. The maximum Gasteiger partial charge on any atom is 0.262 e. The Kier molecular flexibility index (Phi) is 2.58. The number of nitrogens with zero attached hydrogens (tertiary/aromatic N) is 4. The number of hydrogen-bond donors (Lipinski definition) is 1. The van der Waals surface area contributed by atoms with Gasteiger partial charge in [0.1, 0.15) is 11.8 Å². The molecule has 6 nitrogen and oxygen atoms in total. The molecule has 2 heterocycles. The molecule has 0 atom stereocenters. The van der Waals surface area contributed by atoms with Gasteiger partial charge in [-0.15, -0.1) is 0 Å². The van der Waals surface area contributed by atoms with Gasteiger partial charge in [-0.3, -0.25) is 5.10 Å². The van der Waals surface area contributed by atoms with Crippen LogP contribution in [0.25, 0.3) is 22.8 Å². The van der Waals surface area contributed by atoms with Gasteiger partial charge in [0.05, 0.1) is 11.8 Å². The van der Waals surface area contributed by atoms with Crippen molar-refractivity contribution in [3.05, 3.63) is 41.7 Å². The fraction of sp³-hybridized carbons (Fsp3) is 0.0769. The van der Waals surface area contributed by atoms with E-state index in [1.54, 1.807) is 0 Å². The van der Waals surface area contributed by atoms with E-state index in [9.17, 15) is 0 Å². The number of rotatable bonds is 2. The maximum atomic E-state index is 8.92. The molecule has 0 aliphatic carbocycles. The van der Waals surface area contributed by atoms with Crippen LogP contribution in [-0.4, -0.2) is 20.3 Å². The van der Waals surface area contributed by atoms with Gasteiger partial charge in [-0.05, 0) is 13.0 Å². The summed E-state index contributed by atoms with van der Waals surface area (Å²) in [4.78, 5) is 4.28. The molecule has 1 aromatic carbocycles. The van der Waals surface area contributed by atoms with Crippen molar-refractivity contribution in [2.24, 2.45) is 0 Å². The Labute approximate surface area is 108 Å². The van der Waals surface area contributed by atoms with Crippen LogP contribution in [-0.2, 0) is 0 Å². The van der Waals surface area contributed by atoms with Gasteiger partial charge in [-0.25, -0.2) is 0 Å². The molecule has 0 saturated carbocycles. The average molecular weight is 251 g/mol. The first-order chi connectivity index (χ1) is 9.28. The lowest BCUT2D eigenvalue weighted by Gasteiger charge is -1.95. The minimum absolute atomic E-state index is 0.279. The quantitative estimate of drug-likeness (QED) is 0.754. The highest BCUT2D eigenvalue weighted by Gasteiger charge is 2.15. The second-order valence-electron chi connectivity index (χ2n) is 4.06. The third kappa shape index (κ3) is 1.98. The number of nitriles is 1. The fourth-order valence-electron chi connectivity index (χ4n) is 1.77. The third-order valence-electron chi connectivity index (χ3n) is 2.68. The minimum Gasteiger partial charge on any atom is -0.333 e. The van der Waals surface area contributed by atoms with Crippen LogP contribution in [0, 0.1) is 18.3 Å². The summed E-state index contributed by atoms with van der Waals surface area (Å²) in [7, 11) is 0. The van der Waals surface area contributed by atoms with Crippen molar-refractivity contribution in [1.29, 1.82) is 5.26 Å². The smallest absolute Gasteiger partial charge is 0.262 e. The molecule has 0 fully saturated rings. The zero-order chi connectivity index (χ0) is 13.2. The van der Waals surface area contributed by atoms with Crippen LogP contribution in [0.5, 0.6) is 0 Å². The molecule has 0 unspecified atom stereocenters. The summed E-state index contributed by atoms with van der Waals surface area (Å²) in [6.07, 6.45) is 1.49. The molecule has 92 valence electrons. The highest BCUT2D eigenvalue weighted by molar-refractivity contribution is 5.63. The molecule has 6 heteroatoms. The van der Waals surface area contributed by atoms with Crippen molar-refractivity contribution in [2.45, 2.75) is 6.92 Å². The number of H-pyrrole nitrogens is 1. The van der Waals surface area contributed by atoms with Gasteiger partial charge in [0.15, 0.2) is 0 Å². The molecular formula is C13H9N5O. The molecule has 0 radical (unpaired) electrons. The zero-order valence-electron chi connectivity index (χ0n) is 10.1. The van der Waals surface area contributed by atoms with Gasteiger partial charge in [0, 0.05) is 5.56 Å².